The topological polar surface area (TPSA) is 34.1 Å². The Kier molecular flexibility index (Phi) is 5.82. The van der Waals surface area contributed by atoms with Crippen LogP contribution in [0.4, 0.5) is 13.2 Å². The molecule has 1 aromatic heterocycles. The van der Waals surface area contributed by atoms with Crippen molar-refractivity contribution in [2.24, 2.45) is 5.92 Å². The Bertz CT molecular complexity index is 747. The normalized spacial score (nSPS) is 24.1. The van der Waals surface area contributed by atoms with E-state index in [1.807, 2.05) is 0 Å². The molecule has 6 heteroatoms. The SMILES string of the molecule is COCCN[C@@H]1C[C@H](C)C[C@@H](c2ccc(C(F)(F)F)c3ncccc23)C1. The van der Waals surface area contributed by atoms with Gasteiger partial charge in [-0.3, -0.25) is 4.98 Å². The number of pyridine rings is 1. The number of fused-ring (bicyclic) bond motifs is 1. The molecule has 1 aliphatic carbocycles. The number of ether oxygens (including phenoxy) is 1. The molecule has 0 bridgehead atoms. The molecule has 0 spiro atoms. The van der Waals surface area contributed by atoms with Gasteiger partial charge in [0, 0.05) is 31.3 Å². The number of hydrogen-bond acceptors (Lipinski definition) is 3. The molecule has 0 aliphatic heterocycles. The summed E-state index contributed by atoms with van der Waals surface area (Å²) in [4.78, 5) is 4.05. The Morgan fingerprint density at radius 2 is 2.00 bits per heavy atom. The summed E-state index contributed by atoms with van der Waals surface area (Å²) in [5.41, 5.74) is 0.376. The number of aromatic nitrogens is 1. The number of alkyl halides is 3. The van der Waals surface area contributed by atoms with Gasteiger partial charge in [0.25, 0.3) is 0 Å². The molecule has 0 saturated heterocycles. The van der Waals surface area contributed by atoms with Gasteiger partial charge < -0.3 is 10.1 Å². The molecule has 3 atom stereocenters. The van der Waals surface area contributed by atoms with Crippen LogP contribution in [0.25, 0.3) is 10.9 Å². The smallest absolute Gasteiger partial charge is 0.383 e. The van der Waals surface area contributed by atoms with E-state index in [1.54, 1.807) is 25.3 Å². The van der Waals surface area contributed by atoms with Crippen LogP contribution < -0.4 is 5.32 Å². The number of nitrogens with zero attached hydrogens (tertiary/aromatic N) is 1. The molecule has 0 radical (unpaired) electrons. The highest BCUT2D eigenvalue weighted by Crippen LogP contribution is 2.41. The van der Waals surface area contributed by atoms with Crippen LogP contribution >= 0.6 is 0 Å². The predicted molar refractivity (Wildman–Crippen MR) is 96.2 cm³/mol. The minimum absolute atomic E-state index is 0.0552. The van der Waals surface area contributed by atoms with Crippen molar-refractivity contribution in [3.05, 3.63) is 41.6 Å². The minimum Gasteiger partial charge on any atom is -0.383 e. The van der Waals surface area contributed by atoms with Gasteiger partial charge in [-0.2, -0.15) is 13.2 Å². The highest BCUT2D eigenvalue weighted by molar-refractivity contribution is 5.86. The summed E-state index contributed by atoms with van der Waals surface area (Å²) >= 11 is 0. The lowest BCUT2D eigenvalue weighted by Crippen LogP contribution is -2.38. The first-order valence-corrected chi connectivity index (χ1v) is 9.07. The van der Waals surface area contributed by atoms with Crippen LogP contribution in [0.1, 0.15) is 43.2 Å². The molecule has 142 valence electrons. The fraction of sp³-hybridized carbons (Fsp3) is 0.550. The van der Waals surface area contributed by atoms with Gasteiger partial charge in [0.1, 0.15) is 0 Å². The molecular formula is C20H25F3N2O. The molecule has 1 aliphatic rings. The summed E-state index contributed by atoms with van der Waals surface area (Å²) in [5, 5.41) is 4.14. The van der Waals surface area contributed by atoms with E-state index in [4.69, 9.17) is 4.74 Å². The van der Waals surface area contributed by atoms with Crippen LogP contribution in [-0.2, 0) is 10.9 Å². The molecule has 0 unspecified atom stereocenters. The van der Waals surface area contributed by atoms with Crippen molar-refractivity contribution < 1.29 is 17.9 Å². The molecule has 3 nitrogen and oxygen atoms in total. The van der Waals surface area contributed by atoms with E-state index in [0.29, 0.717) is 24.0 Å². The van der Waals surface area contributed by atoms with Crippen LogP contribution in [0.2, 0.25) is 0 Å². The molecule has 1 heterocycles. The van der Waals surface area contributed by atoms with E-state index in [0.717, 1.165) is 31.4 Å². The average Bonchev–Trinajstić information content (AvgIpc) is 2.59. The quantitative estimate of drug-likeness (QED) is 0.775. The van der Waals surface area contributed by atoms with E-state index in [9.17, 15) is 13.2 Å². The summed E-state index contributed by atoms with van der Waals surface area (Å²) in [5.74, 6) is 0.746. The molecule has 2 aromatic rings. The van der Waals surface area contributed by atoms with Gasteiger partial charge in [-0.05, 0) is 48.8 Å². The van der Waals surface area contributed by atoms with E-state index in [1.165, 1.54) is 12.3 Å². The number of rotatable bonds is 5. The maximum absolute atomic E-state index is 13.3. The van der Waals surface area contributed by atoms with Crippen molar-refractivity contribution in [2.45, 2.75) is 44.3 Å². The van der Waals surface area contributed by atoms with Gasteiger partial charge in [-0.15, -0.1) is 0 Å². The number of methoxy groups -OCH3 is 1. The first-order chi connectivity index (χ1) is 12.4. The zero-order chi connectivity index (χ0) is 18.7. The molecule has 1 N–H and O–H groups in total. The third-order valence-corrected chi connectivity index (χ3v) is 5.23. The summed E-state index contributed by atoms with van der Waals surface area (Å²) in [6.07, 6.45) is 0.0213. The molecule has 1 fully saturated rings. The first kappa shape index (κ1) is 19.1. The van der Waals surface area contributed by atoms with E-state index in [-0.39, 0.29) is 11.4 Å². The number of hydrogen-bond donors (Lipinski definition) is 1. The Morgan fingerprint density at radius 1 is 1.19 bits per heavy atom. The van der Waals surface area contributed by atoms with Crippen molar-refractivity contribution in [2.75, 3.05) is 20.3 Å². The number of benzene rings is 1. The molecule has 26 heavy (non-hydrogen) atoms. The molecule has 1 saturated carbocycles. The Hall–Kier alpha value is -1.66. The van der Waals surface area contributed by atoms with Gasteiger partial charge in [0.05, 0.1) is 17.7 Å². The molecular weight excluding hydrogens is 341 g/mol. The highest BCUT2D eigenvalue weighted by Gasteiger charge is 2.35. The number of halogens is 3. The van der Waals surface area contributed by atoms with Gasteiger partial charge in [0.2, 0.25) is 0 Å². The fourth-order valence-electron chi connectivity index (χ4n) is 4.17. The monoisotopic (exact) mass is 366 g/mol. The predicted octanol–water partition coefficient (Wildman–Crippen LogP) is 4.76. The van der Waals surface area contributed by atoms with E-state index in [2.05, 4.69) is 17.2 Å². The van der Waals surface area contributed by atoms with Crippen LogP contribution in [0.3, 0.4) is 0 Å². The Labute approximate surface area is 152 Å². The van der Waals surface area contributed by atoms with Crippen molar-refractivity contribution in [1.29, 1.82) is 0 Å². The second-order valence-electron chi connectivity index (χ2n) is 7.25. The van der Waals surface area contributed by atoms with E-state index < -0.39 is 11.7 Å². The zero-order valence-electron chi connectivity index (χ0n) is 15.1. The summed E-state index contributed by atoms with van der Waals surface area (Å²) in [6, 6.07) is 6.68. The minimum atomic E-state index is -4.39. The highest BCUT2D eigenvalue weighted by atomic mass is 19.4. The van der Waals surface area contributed by atoms with Crippen molar-refractivity contribution in [3.8, 4) is 0 Å². The van der Waals surface area contributed by atoms with Crippen molar-refractivity contribution >= 4 is 10.9 Å². The summed E-state index contributed by atoms with van der Waals surface area (Å²) < 4.78 is 45.1. The van der Waals surface area contributed by atoms with Gasteiger partial charge in [-0.25, -0.2) is 0 Å². The summed E-state index contributed by atoms with van der Waals surface area (Å²) in [7, 11) is 1.68. The lowest BCUT2D eigenvalue weighted by atomic mass is 9.75. The fourth-order valence-corrected chi connectivity index (χ4v) is 4.17. The van der Waals surface area contributed by atoms with Crippen LogP contribution in [0.5, 0.6) is 0 Å². The first-order valence-electron chi connectivity index (χ1n) is 9.07. The second-order valence-corrected chi connectivity index (χ2v) is 7.25. The largest absolute Gasteiger partial charge is 0.418 e. The van der Waals surface area contributed by atoms with Gasteiger partial charge >= 0.3 is 6.18 Å². The zero-order valence-corrected chi connectivity index (χ0v) is 15.1. The molecule has 1 aromatic carbocycles. The third kappa shape index (κ3) is 4.18. The molecule has 0 amide bonds. The average molecular weight is 366 g/mol. The van der Waals surface area contributed by atoms with Crippen molar-refractivity contribution in [1.82, 2.24) is 10.3 Å². The second kappa shape index (κ2) is 7.92. The van der Waals surface area contributed by atoms with Crippen LogP contribution in [0, 0.1) is 5.92 Å². The maximum Gasteiger partial charge on any atom is 0.418 e. The maximum atomic E-state index is 13.3. The van der Waals surface area contributed by atoms with E-state index >= 15 is 0 Å². The standard InChI is InChI=1S/C20H25F3N2O/c1-13-10-14(12-15(11-13)24-8-9-26-2)16-5-6-18(20(21,22)23)19-17(16)4-3-7-25-19/h3-7,13-15,24H,8-12H2,1-2H3/t13-,14-,15-/m1/s1. The Balaban J connectivity index is 1.92. The third-order valence-electron chi connectivity index (χ3n) is 5.23. The lowest BCUT2D eigenvalue weighted by molar-refractivity contribution is -0.136. The summed E-state index contributed by atoms with van der Waals surface area (Å²) in [6.45, 7) is 3.65. The molecule has 3 rings (SSSR count). The lowest BCUT2D eigenvalue weighted by Gasteiger charge is -2.35. The Morgan fingerprint density at radius 3 is 2.73 bits per heavy atom. The van der Waals surface area contributed by atoms with Crippen molar-refractivity contribution in [3.63, 3.8) is 0 Å². The van der Waals surface area contributed by atoms with Gasteiger partial charge in [-0.1, -0.05) is 19.1 Å². The van der Waals surface area contributed by atoms with Crippen LogP contribution in [-0.4, -0.2) is 31.3 Å². The van der Waals surface area contributed by atoms with Gasteiger partial charge in [0.15, 0.2) is 0 Å². The van der Waals surface area contributed by atoms with Crippen LogP contribution in [0.15, 0.2) is 30.5 Å². The number of nitrogens with one attached hydrogen (secondary N) is 1.